The predicted octanol–water partition coefficient (Wildman–Crippen LogP) is 3.30. The van der Waals surface area contributed by atoms with Crippen LogP contribution >= 0.6 is 0 Å². The van der Waals surface area contributed by atoms with Crippen LogP contribution in [-0.4, -0.2) is 31.7 Å². The molecule has 0 aliphatic rings. The fourth-order valence-corrected chi connectivity index (χ4v) is 2.26. The van der Waals surface area contributed by atoms with Crippen LogP contribution in [0.2, 0.25) is 0 Å². The van der Waals surface area contributed by atoms with E-state index in [0.29, 0.717) is 30.0 Å². The van der Waals surface area contributed by atoms with Crippen LogP contribution in [-0.2, 0) is 14.3 Å². The number of nitrogens with zero attached hydrogens (tertiary/aromatic N) is 1. The molecular weight excluding hydrogens is 360 g/mol. The second-order valence-electron chi connectivity index (χ2n) is 5.94. The summed E-state index contributed by atoms with van der Waals surface area (Å²) in [6.07, 6.45) is -0.315. The van der Waals surface area contributed by atoms with E-state index in [-0.39, 0.29) is 6.42 Å². The van der Waals surface area contributed by atoms with Crippen LogP contribution in [0.5, 0.6) is 11.5 Å². The van der Waals surface area contributed by atoms with Gasteiger partial charge in [-0.05, 0) is 61.9 Å². The monoisotopic (exact) mass is 382 g/mol. The van der Waals surface area contributed by atoms with Crippen molar-refractivity contribution in [2.75, 3.05) is 19.0 Å². The largest absolute Gasteiger partial charge is 0.497 e. The molecule has 2 aromatic rings. The maximum absolute atomic E-state index is 12.1. The minimum Gasteiger partial charge on any atom is -0.497 e. The van der Waals surface area contributed by atoms with Gasteiger partial charge in [-0.15, -0.1) is 0 Å². The third-order valence-corrected chi connectivity index (χ3v) is 3.81. The first-order chi connectivity index (χ1) is 13.5. The van der Waals surface area contributed by atoms with E-state index in [1.165, 1.54) is 6.92 Å². The molecule has 0 aliphatic heterocycles. The van der Waals surface area contributed by atoms with E-state index >= 15 is 0 Å². The molecule has 0 radical (unpaired) electrons. The van der Waals surface area contributed by atoms with Gasteiger partial charge in [0.25, 0.3) is 5.91 Å². The lowest BCUT2D eigenvalue weighted by molar-refractivity contribution is -0.153. The number of ether oxygens (including phenoxy) is 3. The molecule has 0 fully saturated rings. The van der Waals surface area contributed by atoms with Crippen molar-refractivity contribution < 1.29 is 23.8 Å². The summed E-state index contributed by atoms with van der Waals surface area (Å²) in [5.41, 5.74) is 1.02. The van der Waals surface area contributed by atoms with E-state index in [4.69, 9.17) is 19.5 Å². The zero-order valence-electron chi connectivity index (χ0n) is 15.8. The van der Waals surface area contributed by atoms with Gasteiger partial charge in [0.15, 0.2) is 6.10 Å². The Bertz CT molecular complexity index is 825. The van der Waals surface area contributed by atoms with Crippen molar-refractivity contribution in [1.29, 1.82) is 5.26 Å². The van der Waals surface area contributed by atoms with E-state index in [0.717, 1.165) is 5.75 Å². The van der Waals surface area contributed by atoms with Crippen molar-refractivity contribution >= 4 is 17.6 Å². The highest BCUT2D eigenvalue weighted by molar-refractivity contribution is 5.95. The molecule has 2 rings (SSSR count). The normalized spacial score (nSPS) is 11.0. The molecule has 0 saturated carbocycles. The van der Waals surface area contributed by atoms with Gasteiger partial charge >= 0.3 is 5.97 Å². The fraction of sp³-hybridized carbons (Fsp3) is 0.286. The third-order valence-electron chi connectivity index (χ3n) is 3.81. The minimum absolute atomic E-state index is 0.143. The topological polar surface area (TPSA) is 97.7 Å². The Morgan fingerprint density at radius 2 is 1.71 bits per heavy atom. The summed E-state index contributed by atoms with van der Waals surface area (Å²) < 4.78 is 15.7. The smallest absolute Gasteiger partial charge is 0.306 e. The summed E-state index contributed by atoms with van der Waals surface area (Å²) in [5.74, 6) is 0.516. The summed E-state index contributed by atoms with van der Waals surface area (Å²) >= 11 is 0. The SMILES string of the molecule is COc1ccc(OCCCC(=O)O[C@@H](C)C(=O)Nc2ccc(C#N)cc2)cc1. The number of methoxy groups -OCH3 is 1. The quantitative estimate of drug-likeness (QED) is 0.528. The molecule has 0 bridgehead atoms. The number of esters is 1. The number of rotatable bonds is 9. The van der Waals surface area contributed by atoms with Crippen molar-refractivity contribution in [3.05, 3.63) is 54.1 Å². The highest BCUT2D eigenvalue weighted by Crippen LogP contribution is 2.17. The number of benzene rings is 2. The van der Waals surface area contributed by atoms with Gasteiger partial charge < -0.3 is 19.5 Å². The number of hydrogen-bond acceptors (Lipinski definition) is 6. The summed E-state index contributed by atoms with van der Waals surface area (Å²) in [4.78, 5) is 24.0. The number of hydrogen-bond donors (Lipinski definition) is 1. The molecule has 2 aromatic carbocycles. The fourth-order valence-electron chi connectivity index (χ4n) is 2.26. The van der Waals surface area contributed by atoms with Crippen LogP contribution in [0.15, 0.2) is 48.5 Å². The lowest BCUT2D eigenvalue weighted by Gasteiger charge is -2.13. The Morgan fingerprint density at radius 1 is 1.07 bits per heavy atom. The zero-order valence-corrected chi connectivity index (χ0v) is 15.8. The maximum Gasteiger partial charge on any atom is 0.306 e. The second kappa shape index (κ2) is 10.6. The molecule has 28 heavy (non-hydrogen) atoms. The van der Waals surface area contributed by atoms with Gasteiger partial charge in [-0.2, -0.15) is 5.26 Å². The van der Waals surface area contributed by atoms with Crippen molar-refractivity contribution in [2.24, 2.45) is 0 Å². The number of carbonyl (C=O) groups is 2. The Hall–Kier alpha value is -3.53. The van der Waals surface area contributed by atoms with Crippen LogP contribution in [0.4, 0.5) is 5.69 Å². The van der Waals surface area contributed by atoms with Crippen LogP contribution < -0.4 is 14.8 Å². The van der Waals surface area contributed by atoms with E-state index in [1.807, 2.05) is 6.07 Å². The van der Waals surface area contributed by atoms with Gasteiger partial charge in [0, 0.05) is 12.1 Å². The van der Waals surface area contributed by atoms with Crippen LogP contribution in [0, 0.1) is 11.3 Å². The van der Waals surface area contributed by atoms with Gasteiger partial charge in [-0.1, -0.05) is 0 Å². The van der Waals surface area contributed by atoms with E-state index in [1.54, 1.807) is 55.6 Å². The molecule has 1 amide bonds. The molecule has 0 aliphatic carbocycles. The first-order valence-electron chi connectivity index (χ1n) is 8.79. The second-order valence-corrected chi connectivity index (χ2v) is 5.94. The first-order valence-corrected chi connectivity index (χ1v) is 8.79. The molecule has 7 nitrogen and oxygen atoms in total. The maximum atomic E-state index is 12.1. The predicted molar refractivity (Wildman–Crippen MR) is 103 cm³/mol. The number of nitriles is 1. The number of amides is 1. The van der Waals surface area contributed by atoms with E-state index in [2.05, 4.69) is 5.32 Å². The standard InChI is InChI=1S/C21H22N2O5/c1-15(21(25)23-17-7-5-16(14-22)6-8-17)28-20(24)4-3-13-27-19-11-9-18(26-2)10-12-19/h5-12,15H,3-4,13H2,1-2H3,(H,23,25)/t15-/m0/s1. The zero-order chi connectivity index (χ0) is 20.4. The minimum atomic E-state index is -0.925. The van der Waals surface area contributed by atoms with Crippen LogP contribution in [0.25, 0.3) is 0 Å². The highest BCUT2D eigenvalue weighted by atomic mass is 16.5. The Balaban J connectivity index is 1.67. The van der Waals surface area contributed by atoms with Crippen molar-refractivity contribution in [1.82, 2.24) is 0 Å². The van der Waals surface area contributed by atoms with Gasteiger partial charge in [0.1, 0.15) is 11.5 Å². The molecule has 7 heteroatoms. The van der Waals surface area contributed by atoms with E-state index in [9.17, 15) is 9.59 Å². The van der Waals surface area contributed by atoms with Crippen molar-refractivity contribution in [2.45, 2.75) is 25.9 Å². The van der Waals surface area contributed by atoms with Gasteiger partial charge in [0.05, 0.1) is 25.3 Å². The number of nitrogens with one attached hydrogen (secondary N) is 1. The molecule has 1 N–H and O–H groups in total. The molecule has 0 heterocycles. The first kappa shape index (κ1) is 20.8. The van der Waals surface area contributed by atoms with E-state index < -0.39 is 18.0 Å². The van der Waals surface area contributed by atoms with Crippen molar-refractivity contribution in [3.8, 4) is 17.6 Å². The summed E-state index contributed by atoms with van der Waals surface area (Å²) in [5, 5.41) is 11.4. The Morgan fingerprint density at radius 3 is 2.32 bits per heavy atom. The molecular formula is C21H22N2O5. The highest BCUT2D eigenvalue weighted by Gasteiger charge is 2.17. The van der Waals surface area contributed by atoms with Crippen LogP contribution in [0.3, 0.4) is 0 Å². The number of anilines is 1. The number of carbonyl (C=O) groups excluding carboxylic acids is 2. The molecule has 0 aromatic heterocycles. The van der Waals surface area contributed by atoms with Gasteiger partial charge in [-0.25, -0.2) is 0 Å². The van der Waals surface area contributed by atoms with Gasteiger partial charge in [0.2, 0.25) is 0 Å². The average Bonchev–Trinajstić information content (AvgIpc) is 2.72. The molecule has 0 spiro atoms. The van der Waals surface area contributed by atoms with Crippen LogP contribution in [0.1, 0.15) is 25.3 Å². The lowest BCUT2D eigenvalue weighted by Crippen LogP contribution is -2.30. The summed E-state index contributed by atoms with van der Waals surface area (Å²) in [7, 11) is 1.59. The summed E-state index contributed by atoms with van der Waals surface area (Å²) in [6.45, 7) is 1.86. The summed E-state index contributed by atoms with van der Waals surface area (Å²) in [6, 6.07) is 15.6. The Kier molecular flexibility index (Phi) is 7.85. The van der Waals surface area contributed by atoms with Gasteiger partial charge in [-0.3, -0.25) is 9.59 Å². The molecule has 0 saturated heterocycles. The molecule has 0 unspecified atom stereocenters. The average molecular weight is 382 g/mol. The molecule has 146 valence electrons. The third kappa shape index (κ3) is 6.65. The Labute approximate surface area is 163 Å². The lowest BCUT2D eigenvalue weighted by atomic mass is 10.2. The molecule has 1 atom stereocenters. The van der Waals surface area contributed by atoms with Crippen molar-refractivity contribution in [3.63, 3.8) is 0 Å².